The summed E-state index contributed by atoms with van der Waals surface area (Å²) in [6, 6.07) is 0.302. The van der Waals surface area contributed by atoms with Gasteiger partial charge < -0.3 is 15.4 Å². The molecule has 1 aromatic rings. The molecule has 6 heteroatoms. The molecule has 5 nitrogen and oxygen atoms in total. The van der Waals surface area contributed by atoms with E-state index in [1.54, 1.807) is 11.3 Å². The number of rotatable bonds is 7. The van der Waals surface area contributed by atoms with Gasteiger partial charge in [0.1, 0.15) is 10.6 Å². The van der Waals surface area contributed by atoms with Crippen molar-refractivity contribution in [2.24, 2.45) is 0 Å². The van der Waals surface area contributed by atoms with Crippen LogP contribution in [0.1, 0.15) is 51.6 Å². The molecule has 0 aliphatic carbocycles. The number of aromatic nitrogens is 1. The zero-order chi connectivity index (χ0) is 15.0. The predicted octanol–water partition coefficient (Wildman–Crippen LogP) is 3.10. The Morgan fingerprint density at radius 2 is 2.20 bits per heavy atom. The molecule has 1 unspecified atom stereocenters. The van der Waals surface area contributed by atoms with Gasteiger partial charge in [-0.3, -0.25) is 0 Å². The van der Waals surface area contributed by atoms with Crippen LogP contribution in [-0.4, -0.2) is 29.8 Å². The first kappa shape index (κ1) is 16.9. The molecule has 1 atom stereocenters. The van der Waals surface area contributed by atoms with Gasteiger partial charge in [0.25, 0.3) is 0 Å². The Bertz CT molecular complexity index is 388. The van der Waals surface area contributed by atoms with Gasteiger partial charge in [-0.25, -0.2) is 9.78 Å². The Labute approximate surface area is 125 Å². The normalized spacial score (nSPS) is 13.0. The third-order valence-corrected chi connectivity index (χ3v) is 3.46. The predicted molar refractivity (Wildman–Crippen MR) is 82.0 cm³/mol. The summed E-state index contributed by atoms with van der Waals surface area (Å²) in [6.45, 7) is 9.15. The van der Waals surface area contributed by atoms with Gasteiger partial charge in [-0.15, -0.1) is 11.3 Å². The number of ether oxygens (including phenoxy) is 1. The Balaban J connectivity index is 2.14. The maximum atomic E-state index is 11.4. The van der Waals surface area contributed by atoms with Crippen molar-refractivity contribution in [2.45, 2.75) is 52.2 Å². The standard InChI is InChI=1S/C14H25N3O2S/c1-5-11(12-16-9-10-20-12)15-7-6-8-17-13(18)19-14(2,3)4/h9-11,15H,5-8H2,1-4H3,(H,17,18). The van der Waals surface area contributed by atoms with Crippen LogP contribution >= 0.6 is 11.3 Å². The molecule has 1 heterocycles. The number of carbonyl (C=O) groups excluding carboxylic acids is 1. The van der Waals surface area contributed by atoms with E-state index in [-0.39, 0.29) is 6.09 Å². The summed E-state index contributed by atoms with van der Waals surface area (Å²) in [5, 5.41) is 9.31. The van der Waals surface area contributed by atoms with Gasteiger partial charge in [-0.05, 0) is 40.2 Å². The van der Waals surface area contributed by atoms with Gasteiger partial charge in [0.15, 0.2) is 0 Å². The van der Waals surface area contributed by atoms with Crippen LogP contribution in [0.4, 0.5) is 4.79 Å². The second-order valence-electron chi connectivity index (χ2n) is 5.57. The lowest BCUT2D eigenvalue weighted by molar-refractivity contribution is 0.0527. The SMILES string of the molecule is CCC(NCCCNC(=O)OC(C)(C)C)c1nccs1. The molecule has 0 spiro atoms. The molecule has 0 aromatic carbocycles. The summed E-state index contributed by atoms with van der Waals surface area (Å²) in [7, 11) is 0. The second kappa shape index (κ2) is 8.21. The molecule has 1 rings (SSSR count). The molecule has 20 heavy (non-hydrogen) atoms. The number of nitrogens with one attached hydrogen (secondary N) is 2. The van der Waals surface area contributed by atoms with E-state index in [4.69, 9.17) is 4.74 Å². The summed E-state index contributed by atoms with van der Waals surface area (Å²) >= 11 is 1.67. The Kier molecular flexibility index (Phi) is 6.95. The molecule has 0 saturated heterocycles. The number of alkyl carbamates (subject to hydrolysis) is 1. The van der Waals surface area contributed by atoms with E-state index in [1.165, 1.54) is 0 Å². The fourth-order valence-corrected chi connectivity index (χ4v) is 2.48. The van der Waals surface area contributed by atoms with E-state index < -0.39 is 5.60 Å². The van der Waals surface area contributed by atoms with E-state index in [9.17, 15) is 4.79 Å². The number of nitrogens with zero attached hydrogens (tertiary/aromatic N) is 1. The molecule has 0 radical (unpaired) electrons. The van der Waals surface area contributed by atoms with Gasteiger partial charge in [-0.2, -0.15) is 0 Å². The summed E-state index contributed by atoms with van der Waals surface area (Å²) in [6.07, 6.45) is 3.34. The van der Waals surface area contributed by atoms with Crippen molar-refractivity contribution in [1.29, 1.82) is 0 Å². The highest BCUT2D eigenvalue weighted by molar-refractivity contribution is 7.09. The largest absolute Gasteiger partial charge is 0.444 e. The monoisotopic (exact) mass is 299 g/mol. The summed E-state index contributed by atoms with van der Waals surface area (Å²) < 4.78 is 5.17. The van der Waals surface area contributed by atoms with Gasteiger partial charge >= 0.3 is 6.09 Å². The topological polar surface area (TPSA) is 63.2 Å². The lowest BCUT2D eigenvalue weighted by Gasteiger charge is -2.20. The number of thiazole rings is 1. The van der Waals surface area contributed by atoms with Crippen molar-refractivity contribution in [3.05, 3.63) is 16.6 Å². The highest BCUT2D eigenvalue weighted by Gasteiger charge is 2.15. The lowest BCUT2D eigenvalue weighted by Crippen LogP contribution is -2.34. The minimum absolute atomic E-state index is 0.302. The van der Waals surface area contributed by atoms with Crippen molar-refractivity contribution in [2.75, 3.05) is 13.1 Å². The fraction of sp³-hybridized carbons (Fsp3) is 0.714. The van der Waals surface area contributed by atoms with Crippen LogP contribution in [-0.2, 0) is 4.74 Å². The quantitative estimate of drug-likeness (QED) is 0.759. The number of carbonyl (C=O) groups is 1. The molecule has 114 valence electrons. The van der Waals surface area contributed by atoms with Crippen LogP contribution < -0.4 is 10.6 Å². The van der Waals surface area contributed by atoms with Gasteiger partial charge in [-0.1, -0.05) is 6.92 Å². The van der Waals surface area contributed by atoms with E-state index in [2.05, 4.69) is 22.5 Å². The van der Waals surface area contributed by atoms with Crippen molar-refractivity contribution in [3.8, 4) is 0 Å². The van der Waals surface area contributed by atoms with E-state index in [1.807, 2.05) is 32.3 Å². The van der Waals surface area contributed by atoms with E-state index >= 15 is 0 Å². The Hall–Kier alpha value is -1.14. The smallest absolute Gasteiger partial charge is 0.407 e. The van der Waals surface area contributed by atoms with Crippen molar-refractivity contribution in [1.82, 2.24) is 15.6 Å². The van der Waals surface area contributed by atoms with Crippen molar-refractivity contribution >= 4 is 17.4 Å². The highest BCUT2D eigenvalue weighted by atomic mass is 32.1. The van der Waals surface area contributed by atoms with Crippen LogP contribution in [0.15, 0.2) is 11.6 Å². The summed E-state index contributed by atoms with van der Waals surface area (Å²) in [4.78, 5) is 15.8. The van der Waals surface area contributed by atoms with Gasteiger partial charge in [0.2, 0.25) is 0 Å². The third-order valence-electron chi connectivity index (χ3n) is 2.57. The molecule has 0 saturated carbocycles. The Morgan fingerprint density at radius 1 is 1.45 bits per heavy atom. The molecule has 1 aromatic heterocycles. The molecular formula is C14H25N3O2S. The fourth-order valence-electron chi connectivity index (χ4n) is 1.68. The van der Waals surface area contributed by atoms with Crippen molar-refractivity contribution in [3.63, 3.8) is 0 Å². The second-order valence-corrected chi connectivity index (χ2v) is 6.49. The zero-order valence-corrected chi connectivity index (χ0v) is 13.5. The van der Waals surface area contributed by atoms with Gasteiger partial charge in [0, 0.05) is 18.1 Å². The molecular weight excluding hydrogens is 274 g/mol. The third kappa shape index (κ3) is 6.86. The minimum atomic E-state index is -0.444. The number of hydrogen-bond acceptors (Lipinski definition) is 5. The maximum absolute atomic E-state index is 11.4. The molecule has 1 amide bonds. The molecule has 0 fully saturated rings. The van der Waals surface area contributed by atoms with Gasteiger partial charge in [0.05, 0.1) is 6.04 Å². The molecule has 0 aliphatic rings. The van der Waals surface area contributed by atoms with E-state index in [0.29, 0.717) is 12.6 Å². The molecule has 2 N–H and O–H groups in total. The summed E-state index contributed by atoms with van der Waals surface area (Å²) in [5.41, 5.74) is -0.444. The van der Waals surface area contributed by atoms with Crippen LogP contribution in [0.2, 0.25) is 0 Å². The Morgan fingerprint density at radius 3 is 2.75 bits per heavy atom. The average Bonchev–Trinajstić information content (AvgIpc) is 2.85. The number of amides is 1. The summed E-state index contributed by atoms with van der Waals surface area (Å²) in [5.74, 6) is 0. The van der Waals surface area contributed by atoms with Crippen LogP contribution in [0, 0.1) is 0 Å². The maximum Gasteiger partial charge on any atom is 0.407 e. The first-order valence-corrected chi connectivity index (χ1v) is 7.90. The highest BCUT2D eigenvalue weighted by Crippen LogP contribution is 2.18. The number of hydrogen-bond donors (Lipinski definition) is 2. The lowest BCUT2D eigenvalue weighted by atomic mass is 10.2. The van der Waals surface area contributed by atoms with Crippen molar-refractivity contribution < 1.29 is 9.53 Å². The first-order chi connectivity index (χ1) is 9.42. The molecule has 0 aliphatic heterocycles. The van der Waals surface area contributed by atoms with E-state index in [0.717, 1.165) is 24.4 Å². The van der Waals surface area contributed by atoms with Crippen LogP contribution in [0.3, 0.4) is 0 Å². The van der Waals surface area contributed by atoms with Crippen LogP contribution in [0.5, 0.6) is 0 Å². The van der Waals surface area contributed by atoms with Crippen LogP contribution in [0.25, 0.3) is 0 Å². The first-order valence-electron chi connectivity index (χ1n) is 7.02. The minimum Gasteiger partial charge on any atom is -0.444 e. The molecule has 0 bridgehead atoms. The average molecular weight is 299 g/mol. The zero-order valence-electron chi connectivity index (χ0n) is 12.7.